The van der Waals surface area contributed by atoms with E-state index in [1.165, 1.54) is 11.1 Å². The number of aryl methyl sites for hydroxylation is 2. The molecule has 4 amide bonds. The highest BCUT2D eigenvalue weighted by atomic mass is 35.5. The number of likely N-dealkylation sites (tertiary alicyclic amines) is 2. The van der Waals surface area contributed by atoms with Crippen LogP contribution in [0, 0.1) is 19.3 Å². The summed E-state index contributed by atoms with van der Waals surface area (Å²) in [4.78, 5) is 72.4. The summed E-state index contributed by atoms with van der Waals surface area (Å²) in [6.45, 7) is 18.1. The molecule has 408 valence electrons. The van der Waals surface area contributed by atoms with Gasteiger partial charge in [-0.25, -0.2) is 18.4 Å². The van der Waals surface area contributed by atoms with Gasteiger partial charge in [0.15, 0.2) is 15.7 Å². The van der Waals surface area contributed by atoms with E-state index in [2.05, 4.69) is 36.2 Å². The van der Waals surface area contributed by atoms with Gasteiger partial charge in [0, 0.05) is 45.4 Å². The number of aromatic nitrogens is 3. The maximum Gasteiger partial charge on any atom is 0.246 e. The van der Waals surface area contributed by atoms with E-state index in [0.717, 1.165) is 45.7 Å². The highest BCUT2D eigenvalue weighted by Gasteiger charge is 2.44. The largest absolute Gasteiger partial charge is 0.489 e. The van der Waals surface area contributed by atoms with Crippen LogP contribution in [-0.4, -0.2) is 111 Å². The number of benzene rings is 3. The number of sulfone groups is 1. The van der Waals surface area contributed by atoms with E-state index in [9.17, 15) is 32.7 Å². The Morgan fingerprint density at radius 3 is 2.28 bits per heavy atom. The zero-order valence-corrected chi connectivity index (χ0v) is 47.3. The fourth-order valence-corrected chi connectivity index (χ4v) is 11.8. The monoisotopic (exact) mass is 1100 g/mol. The molecule has 76 heavy (non-hydrogen) atoms. The van der Waals surface area contributed by atoms with Gasteiger partial charge in [0.05, 0.1) is 56.0 Å². The van der Waals surface area contributed by atoms with Crippen molar-refractivity contribution < 1.29 is 37.4 Å². The summed E-state index contributed by atoms with van der Waals surface area (Å²) < 4.78 is 32.6. The molecule has 0 aliphatic carbocycles. The third-order valence-electron chi connectivity index (χ3n) is 13.8. The predicted molar refractivity (Wildman–Crippen MR) is 298 cm³/mol. The molecule has 0 radical (unpaired) electrons. The molecule has 5 aromatic rings. The standard InChI is InChI=1S/C56H72ClN9O8S2/c1-33(2)74-46-28-41(35(5)26-44(46)62-55-59-30-42(57)52(64-55)61-43-14-10-11-15-47(43)76(72,73)34(3)4)38-22-24-65(25-23-38)49(69)17-13-12-16-48(68)63-51(56(7,8)9)54(71)66-31-40(67)27-45(66)53(70)58-29-37-18-20-39(21-19-37)50-36(6)60-32-75-50/h10-11,14-15,18-21,26,28,30,32-34,38,40,45,51,67H,12-13,16-17,22-25,27,29,31H2,1-9H3,(H,58,70)(H,63,68)(H2,59,61,62,64)/t40-,45-,51+/m0/s1. The fourth-order valence-electron chi connectivity index (χ4n) is 9.60. The van der Waals surface area contributed by atoms with Crippen molar-refractivity contribution in [2.75, 3.05) is 30.3 Å². The van der Waals surface area contributed by atoms with Gasteiger partial charge in [0.2, 0.25) is 29.6 Å². The second-order valence-electron chi connectivity index (χ2n) is 21.4. The number of unbranched alkanes of at least 4 members (excludes halogenated alkanes) is 1. The van der Waals surface area contributed by atoms with Crippen LogP contribution in [0.3, 0.4) is 0 Å². The number of halogens is 1. The van der Waals surface area contributed by atoms with Crippen molar-refractivity contribution in [2.24, 2.45) is 5.41 Å². The first kappa shape index (κ1) is 57.6. The van der Waals surface area contributed by atoms with Crippen LogP contribution in [0.1, 0.15) is 122 Å². The summed E-state index contributed by atoms with van der Waals surface area (Å²) in [6, 6.07) is 16.7. The molecule has 0 bridgehead atoms. The molecule has 0 spiro atoms. The van der Waals surface area contributed by atoms with Crippen LogP contribution in [-0.2, 0) is 35.6 Å². The number of nitrogens with one attached hydrogen (secondary N) is 4. The Hall–Kier alpha value is -6.15. The molecule has 3 atom stereocenters. The summed E-state index contributed by atoms with van der Waals surface area (Å²) >= 11 is 8.09. The number of aliphatic hydroxyl groups is 1. The van der Waals surface area contributed by atoms with Gasteiger partial charge in [0.1, 0.15) is 22.9 Å². The maximum absolute atomic E-state index is 14.2. The van der Waals surface area contributed by atoms with Crippen molar-refractivity contribution in [3.8, 4) is 16.2 Å². The van der Waals surface area contributed by atoms with Crippen molar-refractivity contribution >= 4 is 79.5 Å². The number of amides is 4. The van der Waals surface area contributed by atoms with Gasteiger partial charge in [-0.2, -0.15) is 4.98 Å². The summed E-state index contributed by atoms with van der Waals surface area (Å²) in [5.74, 6) is 0.146. The number of aliphatic hydroxyl groups excluding tert-OH is 1. The lowest BCUT2D eigenvalue weighted by molar-refractivity contribution is -0.144. The second-order valence-corrected chi connectivity index (χ2v) is 25.1. The lowest BCUT2D eigenvalue weighted by Crippen LogP contribution is -2.57. The van der Waals surface area contributed by atoms with Gasteiger partial charge in [-0.1, -0.05) is 68.8 Å². The Kier molecular flexibility index (Phi) is 18.8. The van der Waals surface area contributed by atoms with Crippen LogP contribution in [0.2, 0.25) is 5.02 Å². The third kappa shape index (κ3) is 14.3. The SMILES string of the molecule is Cc1cc(Nc2ncc(Cl)c(Nc3ccccc3S(=O)(=O)C(C)C)n2)c(OC(C)C)cc1C1CCN(C(=O)CCCCC(=O)N[C@H](C(=O)N2C[C@@H](O)C[C@H]2C(=O)NCc2ccc(-c3scnc3C)cc2)C(C)(C)C)CC1. The number of thiazole rings is 1. The van der Waals surface area contributed by atoms with Crippen molar-refractivity contribution in [1.82, 2.24) is 35.4 Å². The number of β-amino-alcohol motifs (C(OH)–C–C–N with tert-alkyl or cyclic N) is 1. The topological polar surface area (TPSA) is 225 Å². The number of para-hydroxylation sites is 1. The van der Waals surface area contributed by atoms with Gasteiger partial charge >= 0.3 is 0 Å². The summed E-state index contributed by atoms with van der Waals surface area (Å²) in [6.07, 6.45) is 3.38. The van der Waals surface area contributed by atoms with Crippen molar-refractivity contribution in [2.45, 2.75) is 154 Å². The quantitative estimate of drug-likeness (QED) is 0.0459. The van der Waals surface area contributed by atoms with E-state index in [1.807, 2.05) is 95.3 Å². The molecule has 2 aliphatic rings. The maximum atomic E-state index is 14.2. The van der Waals surface area contributed by atoms with E-state index in [-0.39, 0.29) is 83.8 Å². The number of hydrogen-bond donors (Lipinski definition) is 5. The molecular weight excluding hydrogens is 1030 g/mol. The lowest BCUT2D eigenvalue weighted by Gasteiger charge is -2.35. The van der Waals surface area contributed by atoms with Gasteiger partial charge in [-0.05, 0) is 125 Å². The first-order valence-corrected chi connectivity index (χ1v) is 28.8. The summed E-state index contributed by atoms with van der Waals surface area (Å²) in [7, 11) is -3.61. The minimum Gasteiger partial charge on any atom is -0.489 e. The number of nitrogens with zero attached hydrogens (tertiary/aromatic N) is 5. The second kappa shape index (κ2) is 24.9. The van der Waals surface area contributed by atoms with Gasteiger partial charge < -0.3 is 40.9 Å². The van der Waals surface area contributed by atoms with Crippen LogP contribution >= 0.6 is 22.9 Å². The number of hydrogen-bond acceptors (Lipinski definition) is 14. The molecule has 2 saturated heterocycles. The minimum atomic E-state index is -3.61. The number of carbonyl (C=O) groups excluding carboxylic acids is 4. The van der Waals surface area contributed by atoms with Gasteiger partial charge in [-0.3, -0.25) is 19.2 Å². The molecule has 17 nitrogen and oxygen atoms in total. The van der Waals surface area contributed by atoms with Gasteiger partial charge in [-0.15, -0.1) is 11.3 Å². The lowest BCUT2D eigenvalue weighted by atomic mass is 9.85. The fraction of sp³-hybridized carbons (Fsp3) is 0.482. The molecule has 2 aliphatic heterocycles. The Labute approximate surface area is 455 Å². The Morgan fingerprint density at radius 1 is 0.921 bits per heavy atom. The first-order valence-electron chi connectivity index (χ1n) is 26.0. The molecule has 0 unspecified atom stereocenters. The normalized spacial score (nSPS) is 16.7. The van der Waals surface area contributed by atoms with Crippen molar-refractivity contribution in [1.29, 1.82) is 0 Å². The van der Waals surface area contributed by atoms with E-state index in [0.29, 0.717) is 43.1 Å². The minimum absolute atomic E-state index is 0.0190. The number of carbonyl (C=O) groups is 4. The molecule has 2 aromatic heterocycles. The molecular formula is C56H72ClN9O8S2. The van der Waals surface area contributed by atoms with Gasteiger partial charge in [0.25, 0.3) is 0 Å². The number of anilines is 4. The van der Waals surface area contributed by atoms with Crippen molar-refractivity contribution in [3.63, 3.8) is 0 Å². The zero-order chi connectivity index (χ0) is 55.1. The average Bonchev–Trinajstić information content (AvgIpc) is 4.00. The molecule has 3 aromatic carbocycles. The third-order valence-corrected chi connectivity index (χ3v) is 17.3. The van der Waals surface area contributed by atoms with Crippen LogP contribution in [0.4, 0.5) is 23.1 Å². The Balaban J connectivity index is 0.890. The van der Waals surface area contributed by atoms with E-state index in [1.54, 1.807) is 49.4 Å². The molecule has 5 N–H and O–H groups in total. The highest BCUT2D eigenvalue weighted by molar-refractivity contribution is 7.92. The molecule has 20 heteroatoms. The van der Waals surface area contributed by atoms with Crippen LogP contribution in [0.15, 0.2) is 77.3 Å². The van der Waals surface area contributed by atoms with Crippen LogP contribution in [0.5, 0.6) is 5.75 Å². The molecule has 4 heterocycles. The molecule has 2 fully saturated rings. The smallest absolute Gasteiger partial charge is 0.246 e. The Morgan fingerprint density at radius 2 is 1.62 bits per heavy atom. The summed E-state index contributed by atoms with van der Waals surface area (Å²) in [5.41, 5.74) is 7.13. The highest BCUT2D eigenvalue weighted by Crippen LogP contribution is 2.39. The summed E-state index contributed by atoms with van der Waals surface area (Å²) in [5, 5.41) is 22.5. The number of rotatable bonds is 20. The van der Waals surface area contributed by atoms with E-state index >= 15 is 0 Å². The Bertz CT molecular complexity index is 2990. The van der Waals surface area contributed by atoms with Crippen molar-refractivity contribution in [3.05, 3.63) is 99.8 Å². The van der Waals surface area contributed by atoms with E-state index in [4.69, 9.17) is 16.3 Å². The number of piperidine rings is 1. The molecule has 7 rings (SSSR count). The average molecular weight is 1100 g/mol. The number of ether oxygens (including phenoxy) is 1. The van der Waals surface area contributed by atoms with Crippen LogP contribution in [0.25, 0.3) is 10.4 Å². The zero-order valence-electron chi connectivity index (χ0n) is 44.9. The predicted octanol–water partition coefficient (Wildman–Crippen LogP) is 9.40. The first-order chi connectivity index (χ1) is 36.0. The van der Waals surface area contributed by atoms with E-state index < -0.39 is 44.6 Å². The van der Waals surface area contributed by atoms with Crippen LogP contribution < -0.4 is 26.0 Å². The molecule has 0 saturated carbocycles.